The Morgan fingerprint density at radius 1 is 1.30 bits per heavy atom. The molecular formula is C17H27NO2. The van der Waals surface area contributed by atoms with E-state index in [0.29, 0.717) is 13.0 Å². The molecule has 0 amide bonds. The number of ether oxygens (including phenoxy) is 1. The normalized spacial score (nSPS) is 13.0. The Balaban J connectivity index is 2.38. The lowest BCUT2D eigenvalue weighted by Crippen LogP contribution is -2.45. The van der Waals surface area contributed by atoms with Crippen LogP contribution >= 0.6 is 0 Å². The smallest absolute Gasteiger partial charge is 0.307 e. The minimum Gasteiger partial charge on any atom is -0.466 e. The van der Waals surface area contributed by atoms with Crippen molar-refractivity contribution in [2.24, 2.45) is 0 Å². The van der Waals surface area contributed by atoms with E-state index in [9.17, 15) is 4.79 Å². The lowest BCUT2D eigenvalue weighted by atomic mass is 9.94. The van der Waals surface area contributed by atoms with E-state index in [1.165, 1.54) is 5.56 Å². The lowest BCUT2D eigenvalue weighted by molar-refractivity contribution is -0.143. The third-order valence-corrected chi connectivity index (χ3v) is 3.30. The third kappa shape index (κ3) is 6.71. The van der Waals surface area contributed by atoms with Gasteiger partial charge < -0.3 is 10.1 Å². The maximum atomic E-state index is 11.5. The fourth-order valence-corrected chi connectivity index (χ4v) is 2.36. The Hall–Kier alpha value is -1.35. The van der Waals surface area contributed by atoms with Crippen molar-refractivity contribution in [3.05, 3.63) is 35.9 Å². The largest absolute Gasteiger partial charge is 0.466 e. The van der Waals surface area contributed by atoms with Gasteiger partial charge in [0, 0.05) is 11.6 Å². The maximum absolute atomic E-state index is 11.5. The second kappa shape index (κ2) is 8.05. The molecule has 1 aromatic carbocycles. The van der Waals surface area contributed by atoms with Crippen LogP contribution in [0.4, 0.5) is 0 Å². The molecule has 0 bridgehead atoms. The molecule has 0 aliphatic carbocycles. The number of esters is 1. The molecule has 1 N–H and O–H groups in total. The quantitative estimate of drug-likeness (QED) is 0.741. The van der Waals surface area contributed by atoms with Gasteiger partial charge in [-0.05, 0) is 46.1 Å². The van der Waals surface area contributed by atoms with Crippen LogP contribution in [0.25, 0.3) is 0 Å². The maximum Gasteiger partial charge on any atom is 0.307 e. The van der Waals surface area contributed by atoms with Crippen LogP contribution in [0.3, 0.4) is 0 Å². The SMILES string of the molecule is CCOC(=O)CC(C)NC(C)(C)CCc1ccccc1. The summed E-state index contributed by atoms with van der Waals surface area (Å²) >= 11 is 0. The summed E-state index contributed by atoms with van der Waals surface area (Å²) in [7, 11) is 0. The van der Waals surface area contributed by atoms with Crippen molar-refractivity contribution in [1.82, 2.24) is 5.32 Å². The molecule has 0 saturated heterocycles. The van der Waals surface area contributed by atoms with E-state index in [1.54, 1.807) is 0 Å². The van der Waals surface area contributed by atoms with Gasteiger partial charge in [-0.25, -0.2) is 0 Å². The third-order valence-electron chi connectivity index (χ3n) is 3.30. The van der Waals surface area contributed by atoms with Crippen molar-refractivity contribution in [2.45, 2.75) is 58.5 Å². The van der Waals surface area contributed by atoms with E-state index in [2.05, 4.69) is 43.4 Å². The minimum absolute atomic E-state index is 0.00174. The summed E-state index contributed by atoms with van der Waals surface area (Å²) in [5.74, 6) is -0.133. The molecule has 0 saturated carbocycles. The Labute approximate surface area is 122 Å². The zero-order chi connectivity index (χ0) is 15.0. The number of rotatable bonds is 8. The van der Waals surface area contributed by atoms with Gasteiger partial charge >= 0.3 is 5.97 Å². The molecule has 20 heavy (non-hydrogen) atoms. The molecule has 1 unspecified atom stereocenters. The highest BCUT2D eigenvalue weighted by Gasteiger charge is 2.21. The van der Waals surface area contributed by atoms with Crippen LogP contribution in [0.2, 0.25) is 0 Å². The second-order valence-electron chi connectivity index (χ2n) is 5.92. The van der Waals surface area contributed by atoms with Crippen molar-refractivity contribution >= 4 is 5.97 Å². The van der Waals surface area contributed by atoms with Gasteiger partial charge in [-0.2, -0.15) is 0 Å². The van der Waals surface area contributed by atoms with E-state index < -0.39 is 0 Å². The van der Waals surface area contributed by atoms with Crippen molar-refractivity contribution in [1.29, 1.82) is 0 Å². The zero-order valence-corrected chi connectivity index (χ0v) is 13.1. The number of hydrogen-bond donors (Lipinski definition) is 1. The topological polar surface area (TPSA) is 38.3 Å². The number of nitrogens with one attached hydrogen (secondary N) is 1. The van der Waals surface area contributed by atoms with Gasteiger partial charge in [0.2, 0.25) is 0 Å². The standard InChI is InChI=1S/C17H27NO2/c1-5-20-16(19)13-14(2)18-17(3,4)12-11-15-9-7-6-8-10-15/h6-10,14,18H,5,11-13H2,1-4H3. The number of carbonyl (C=O) groups excluding carboxylic acids is 1. The summed E-state index contributed by atoms with van der Waals surface area (Å²) in [6.45, 7) is 8.67. The van der Waals surface area contributed by atoms with Crippen LogP contribution in [-0.4, -0.2) is 24.2 Å². The Kier molecular flexibility index (Phi) is 6.73. The molecule has 0 spiro atoms. The number of hydrogen-bond acceptors (Lipinski definition) is 3. The molecule has 0 aliphatic rings. The molecule has 0 aromatic heterocycles. The van der Waals surface area contributed by atoms with Crippen molar-refractivity contribution in [2.75, 3.05) is 6.61 Å². The van der Waals surface area contributed by atoms with Crippen molar-refractivity contribution < 1.29 is 9.53 Å². The van der Waals surface area contributed by atoms with E-state index in [1.807, 2.05) is 19.9 Å². The van der Waals surface area contributed by atoms with E-state index in [0.717, 1.165) is 12.8 Å². The van der Waals surface area contributed by atoms with Crippen LogP contribution in [0.5, 0.6) is 0 Å². The lowest BCUT2D eigenvalue weighted by Gasteiger charge is -2.30. The molecule has 1 rings (SSSR count). The number of carbonyl (C=O) groups is 1. The van der Waals surface area contributed by atoms with E-state index >= 15 is 0 Å². The van der Waals surface area contributed by atoms with Gasteiger partial charge in [0.05, 0.1) is 13.0 Å². The molecule has 0 fully saturated rings. The summed E-state index contributed by atoms with van der Waals surface area (Å²) in [4.78, 5) is 11.5. The van der Waals surface area contributed by atoms with Crippen LogP contribution < -0.4 is 5.32 Å². The van der Waals surface area contributed by atoms with E-state index in [-0.39, 0.29) is 17.6 Å². The first-order valence-electron chi connectivity index (χ1n) is 7.40. The first-order chi connectivity index (χ1) is 9.43. The molecule has 112 valence electrons. The van der Waals surface area contributed by atoms with Gasteiger partial charge in [-0.1, -0.05) is 30.3 Å². The molecule has 0 heterocycles. The van der Waals surface area contributed by atoms with Gasteiger partial charge in [0.15, 0.2) is 0 Å². The summed E-state index contributed by atoms with van der Waals surface area (Å²) in [6, 6.07) is 10.6. The van der Waals surface area contributed by atoms with E-state index in [4.69, 9.17) is 4.74 Å². The average molecular weight is 277 g/mol. The first kappa shape index (κ1) is 16.7. The fourth-order valence-electron chi connectivity index (χ4n) is 2.36. The highest BCUT2D eigenvalue weighted by atomic mass is 16.5. The van der Waals surface area contributed by atoms with Crippen LogP contribution in [0.15, 0.2) is 30.3 Å². The molecule has 0 aliphatic heterocycles. The second-order valence-corrected chi connectivity index (χ2v) is 5.92. The number of benzene rings is 1. The summed E-state index contributed by atoms with van der Waals surface area (Å²) in [5, 5.41) is 3.51. The Morgan fingerprint density at radius 2 is 1.95 bits per heavy atom. The van der Waals surface area contributed by atoms with Gasteiger partial charge in [-0.15, -0.1) is 0 Å². The molecule has 0 radical (unpaired) electrons. The Morgan fingerprint density at radius 3 is 2.55 bits per heavy atom. The highest BCUT2D eigenvalue weighted by molar-refractivity contribution is 5.70. The average Bonchev–Trinajstić information content (AvgIpc) is 2.37. The van der Waals surface area contributed by atoms with Crippen LogP contribution in [0, 0.1) is 0 Å². The zero-order valence-electron chi connectivity index (χ0n) is 13.1. The molecule has 3 nitrogen and oxygen atoms in total. The van der Waals surface area contributed by atoms with Gasteiger partial charge in [-0.3, -0.25) is 4.79 Å². The predicted octanol–water partition coefficient (Wildman–Crippen LogP) is 3.33. The first-order valence-corrected chi connectivity index (χ1v) is 7.40. The molecular weight excluding hydrogens is 250 g/mol. The van der Waals surface area contributed by atoms with Crippen molar-refractivity contribution in [3.63, 3.8) is 0 Å². The fraction of sp³-hybridized carbons (Fsp3) is 0.588. The Bertz CT molecular complexity index is 401. The number of aryl methyl sites for hydroxylation is 1. The monoisotopic (exact) mass is 277 g/mol. The van der Waals surface area contributed by atoms with Crippen LogP contribution in [0.1, 0.15) is 46.1 Å². The predicted molar refractivity (Wildman–Crippen MR) is 82.7 cm³/mol. The summed E-state index contributed by atoms with van der Waals surface area (Å²) in [6.07, 6.45) is 2.49. The molecule has 1 atom stereocenters. The van der Waals surface area contributed by atoms with Crippen molar-refractivity contribution in [3.8, 4) is 0 Å². The molecule has 3 heteroatoms. The minimum atomic E-state index is -0.133. The molecule has 1 aromatic rings. The van der Waals surface area contributed by atoms with Crippen LogP contribution in [-0.2, 0) is 16.0 Å². The highest BCUT2D eigenvalue weighted by Crippen LogP contribution is 2.15. The van der Waals surface area contributed by atoms with Gasteiger partial charge in [0.25, 0.3) is 0 Å². The van der Waals surface area contributed by atoms with Gasteiger partial charge in [0.1, 0.15) is 0 Å². The summed E-state index contributed by atoms with van der Waals surface area (Å²) in [5.41, 5.74) is 1.35. The summed E-state index contributed by atoms with van der Waals surface area (Å²) < 4.78 is 4.98.